The molecule has 0 rings (SSSR count). The largest absolute Gasteiger partial charge is 0.395 e. The number of hydrogen-bond acceptors (Lipinski definition) is 4. The van der Waals surface area contributed by atoms with Crippen molar-refractivity contribution in [1.82, 2.24) is 0 Å². The maximum Gasteiger partial charge on any atom is 0.255 e. The molecular formula is C6H12BFO4. The molecule has 0 bridgehead atoms. The topological polar surface area (TPSA) is 58.9 Å². The highest BCUT2D eigenvalue weighted by Gasteiger charge is 2.31. The lowest BCUT2D eigenvalue weighted by atomic mass is 10.0. The van der Waals surface area contributed by atoms with Crippen LogP contribution in [0.2, 0.25) is 0 Å². The molecule has 2 atom stereocenters. The van der Waals surface area contributed by atoms with E-state index in [0.717, 1.165) is 0 Å². The van der Waals surface area contributed by atoms with Crippen LogP contribution in [0, 0.1) is 0 Å². The molecule has 0 aromatic heterocycles. The third kappa shape index (κ3) is 4.01. The van der Waals surface area contributed by atoms with Crippen LogP contribution in [0.3, 0.4) is 0 Å². The van der Waals surface area contributed by atoms with Gasteiger partial charge in [0.15, 0.2) is 0 Å². The maximum atomic E-state index is 13.2. The van der Waals surface area contributed by atoms with Crippen molar-refractivity contribution in [2.24, 2.45) is 0 Å². The first-order valence-corrected chi connectivity index (χ1v) is 3.41. The van der Waals surface area contributed by atoms with Crippen LogP contribution >= 0.6 is 0 Å². The average molecular weight is 178 g/mol. The molecule has 0 saturated heterocycles. The Morgan fingerprint density at radius 2 is 2.17 bits per heavy atom. The van der Waals surface area contributed by atoms with E-state index in [0.29, 0.717) is 0 Å². The van der Waals surface area contributed by atoms with E-state index in [-0.39, 0.29) is 0 Å². The van der Waals surface area contributed by atoms with E-state index in [1.807, 2.05) is 0 Å². The highest BCUT2D eigenvalue weighted by atomic mass is 19.2. The molecular weight excluding hydrogens is 166 g/mol. The van der Waals surface area contributed by atoms with Gasteiger partial charge >= 0.3 is 0 Å². The first kappa shape index (κ1) is 11.8. The van der Waals surface area contributed by atoms with Gasteiger partial charge in [0.05, 0.1) is 6.61 Å². The van der Waals surface area contributed by atoms with E-state index in [1.54, 1.807) is 0 Å². The molecule has 0 aromatic carbocycles. The Kier molecular flexibility index (Phi) is 5.40. The van der Waals surface area contributed by atoms with Crippen LogP contribution in [-0.2, 0) is 9.47 Å². The lowest BCUT2D eigenvalue weighted by molar-refractivity contribution is -0.211. The summed E-state index contributed by atoms with van der Waals surface area (Å²) in [5.41, 5.74) is 0. The minimum Gasteiger partial charge on any atom is -0.395 e. The second-order valence-electron chi connectivity index (χ2n) is 2.31. The van der Waals surface area contributed by atoms with Gasteiger partial charge in [0.25, 0.3) is 5.85 Å². The molecule has 4 nitrogen and oxygen atoms in total. The molecule has 0 amide bonds. The normalized spacial score (nSPS) is 18.7. The zero-order valence-electron chi connectivity index (χ0n) is 6.86. The number of rotatable bonds is 6. The second kappa shape index (κ2) is 5.48. The van der Waals surface area contributed by atoms with Gasteiger partial charge in [-0.3, -0.25) is 0 Å². The Bertz CT molecular complexity index is 126. The Hall–Kier alpha value is -0.165. The van der Waals surface area contributed by atoms with Crippen molar-refractivity contribution in [2.75, 3.05) is 26.9 Å². The van der Waals surface area contributed by atoms with Gasteiger partial charge in [0, 0.05) is 13.1 Å². The van der Waals surface area contributed by atoms with Crippen molar-refractivity contribution in [3.8, 4) is 0 Å². The van der Waals surface area contributed by atoms with Crippen molar-refractivity contribution < 1.29 is 24.1 Å². The van der Waals surface area contributed by atoms with Gasteiger partial charge in [0.1, 0.15) is 21.1 Å². The number of methoxy groups -OCH3 is 1. The van der Waals surface area contributed by atoms with E-state index in [4.69, 9.17) is 18.1 Å². The van der Waals surface area contributed by atoms with Crippen LogP contribution in [0.15, 0.2) is 0 Å². The molecule has 0 aliphatic heterocycles. The molecule has 0 fully saturated rings. The summed E-state index contributed by atoms with van der Waals surface area (Å²) in [6.45, 7) is -1.82. The van der Waals surface area contributed by atoms with E-state index in [1.165, 1.54) is 7.11 Å². The Morgan fingerprint density at radius 3 is 2.50 bits per heavy atom. The maximum absolute atomic E-state index is 13.2. The predicted octanol–water partition coefficient (Wildman–Crippen LogP) is -1.21. The fraction of sp³-hybridized carbons (Fsp3) is 1.00. The molecule has 2 radical (unpaired) electrons. The molecule has 6 heteroatoms. The van der Waals surface area contributed by atoms with Gasteiger partial charge < -0.3 is 19.7 Å². The molecule has 0 unspecified atom stereocenters. The van der Waals surface area contributed by atoms with Crippen LogP contribution in [0.5, 0.6) is 0 Å². The molecule has 0 heterocycles. The summed E-state index contributed by atoms with van der Waals surface area (Å²) < 4.78 is 22.1. The Labute approximate surface area is 71.7 Å². The summed E-state index contributed by atoms with van der Waals surface area (Å²) in [5.74, 6) is -2.34. The van der Waals surface area contributed by atoms with E-state index < -0.39 is 31.7 Å². The number of hydrogen-bond donors (Lipinski definition) is 2. The fourth-order valence-corrected chi connectivity index (χ4v) is 0.641. The fourth-order valence-electron chi connectivity index (χ4n) is 0.641. The lowest BCUT2D eigenvalue weighted by Crippen LogP contribution is -2.41. The Balaban J connectivity index is 3.94. The van der Waals surface area contributed by atoms with Gasteiger partial charge in [0.2, 0.25) is 0 Å². The van der Waals surface area contributed by atoms with Crippen LogP contribution < -0.4 is 0 Å². The molecule has 2 N–H and O–H groups in total. The molecule has 0 spiro atoms. The number of aliphatic hydroxyl groups excluding tert-OH is 2. The third-order valence-corrected chi connectivity index (χ3v) is 1.14. The van der Waals surface area contributed by atoms with E-state index >= 15 is 0 Å². The van der Waals surface area contributed by atoms with Crippen molar-refractivity contribution >= 4 is 7.85 Å². The monoisotopic (exact) mass is 178 g/mol. The second-order valence-corrected chi connectivity index (χ2v) is 2.31. The van der Waals surface area contributed by atoms with Gasteiger partial charge in [-0.2, -0.15) is 0 Å². The SMILES string of the molecule is [B][C@@H](CO)O[C@](F)(CO)COC. The molecule has 0 aliphatic carbocycles. The summed E-state index contributed by atoms with van der Waals surface area (Å²) in [6, 6.07) is -1.16. The number of ether oxygens (including phenoxy) is 2. The zero-order chi connectivity index (χ0) is 9.61. The van der Waals surface area contributed by atoms with Crippen molar-refractivity contribution in [1.29, 1.82) is 0 Å². The zero-order valence-corrected chi connectivity index (χ0v) is 6.86. The summed E-state index contributed by atoms with van der Waals surface area (Å²) in [6.07, 6.45) is 0. The quantitative estimate of drug-likeness (QED) is 0.501. The highest BCUT2D eigenvalue weighted by Crippen LogP contribution is 2.14. The summed E-state index contributed by atoms with van der Waals surface area (Å²) in [5, 5.41) is 17.0. The van der Waals surface area contributed by atoms with Crippen LogP contribution in [0.1, 0.15) is 0 Å². The Morgan fingerprint density at radius 1 is 1.58 bits per heavy atom. The van der Waals surface area contributed by atoms with E-state index in [2.05, 4.69) is 9.47 Å². The van der Waals surface area contributed by atoms with Crippen LogP contribution in [-0.4, -0.2) is 56.8 Å². The van der Waals surface area contributed by atoms with Gasteiger partial charge in [-0.15, -0.1) is 0 Å². The van der Waals surface area contributed by atoms with Crippen molar-refractivity contribution in [3.05, 3.63) is 0 Å². The van der Waals surface area contributed by atoms with Crippen molar-refractivity contribution in [2.45, 2.75) is 11.9 Å². The van der Waals surface area contributed by atoms with Gasteiger partial charge in [-0.05, 0) is 0 Å². The summed E-state index contributed by atoms with van der Waals surface area (Å²) in [4.78, 5) is 0. The van der Waals surface area contributed by atoms with Crippen LogP contribution in [0.25, 0.3) is 0 Å². The smallest absolute Gasteiger partial charge is 0.255 e. The van der Waals surface area contributed by atoms with Crippen LogP contribution in [0.4, 0.5) is 4.39 Å². The molecule has 0 saturated carbocycles. The first-order chi connectivity index (χ1) is 5.58. The molecule has 0 aliphatic rings. The van der Waals surface area contributed by atoms with Crippen molar-refractivity contribution in [3.63, 3.8) is 0 Å². The number of alkyl halides is 1. The summed E-state index contributed by atoms with van der Waals surface area (Å²) in [7, 11) is 6.35. The predicted molar refractivity (Wildman–Crippen MR) is 40.5 cm³/mol. The first-order valence-electron chi connectivity index (χ1n) is 3.41. The molecule has 12 heavy (non-hydrogen) atoms. The van der Waals surface area contributed by atoms with E-state index in [9.17, 15) is 4.39 Å². The standard InChI is InChI=1S/C6H12BFO4/c1-11-4-6(8,3-10)12-5(7)2-9/h5,9-10H,2-4H2,1H3/t5-,6-/m1/s1. The van der Waals surface area contributed by atoms with Gasteiger partial charge in [-0.1, -0.05) is 0 Å². The van der Waals surface area contributed by atoms with Gasteiger partial charge in [-0.25, -0.2) is 4.39 Å². The number of aliphatic hydroxyl groups is 2. The minimum absolute atomic E-state index is 0.433. The summed E-state index contributed by atoms with van der Waals surface area (Å²) >= 11 is 0. The minimum atomic E-state index is -2.34. The molecule has 70 valence electrons. The lowest BCUT2D eigenvalue weighted by Gasteiger charge is -2.25. The average Bonchev–Trinajstić information content (AvgIpc) is 2.05. The third-order valence-electron chi connectivity index (χ3n) is 1.14. The molecule has 0 aromatic rings. The highest BCUT2D eigenvalue weighted by molar-refractivity contribution is 6.11. The number of halogens is 1.